The summed E-state index contributed by atoms with van der Waals surface area (Å²) in [6.07, 6.45) is -0.428. The number of aromatic amines is 1. The molecule has 2 aromatic heterocycles. The maximum atomic E-state index is 13.2. The van der Waals surface area contributed by atoms with Gasteiger partial charge in [-0.2, -0.15) is 15.1 Å². The molecule has 1 aliphatic carbocycles. The van der Waals surface area contributed by atoms with Crippen molar-refractivity contribution in [3.8, 4) is 6.07 Å². The number of amides is 1. The second kappa shape index (κ2) is 8.18. The average Bonchev–Trinajstić information content (AvgIpc) is 3.17. The van der Waals surface area contributed by atoms with Crippen molar-refractivity contribution < 1.29 is 22.0 Å². The molecule has 5 rings (SSSR count). The van der Waals surface area contributed by atoms with E-state index in [1.165, 1.54) is 23.2 Å². The topological polar surface area (TPSA) is 148 Å². The quantitative estimate of drug-likeness (QED) is 0.478. The van der Waals surface area contributed by atoms with Crippen molar-refractivity contribution in [1.82, 2.24) is 30.0 Å². The van der Waals surface area contributed by atoms with E-state index in [0.717, 1.165) is 11.3 Å². The first-order valence-electron chi connectivity index (χ1n) is 10.6. The minimum absolute atomic E-state index is 0.0980. The predicted octanol–water partition coefficient (Wildman–Crippen LogP) is 1.95. The van der Waals surface area contributed by atoms with E-state index in [9.17, 15) is 27.3 Å². The van der Waals surface area contributed by atoms with E-state index in [2.05, 4.69) is 25.1 Å². The molecular weight excluding hydrogens is 502 g/mol. The van der Waals surface area contributed by atoms with Gasteiger partial charge in [0.15, 0.2) is 5.01 Å². The highest BCUT2D eigenvalue weighted by Crippen LogP contribution is 2.47. The molecule has 1 aromatic carbocycles. The summed E-state index contributed by atoms with van der Waals surface area (Å²) in [7, 11) is -0.863. The van der Waals surface area contributed by atoms with Gasteiger partial charge in [-0.15, -0.1) is 10.2 Å². The van der Waals surface area contributed by atoms with Crippen LogP contribution < -0.4 is 9.62 Å². The number of nitrogens with one attached hydrogen (secondary N) is 2. The number of hydrogen-bond acceptors (Lipinski definition) is 9. The van der Waals surface area contributed by atoms with Crippen molar-refractivity contribution in [2.75, 3.05) is 25.5 Å². The third kappa shape index (κ3) is 4.01. The Labute approximate surface area is 202 Å². The third-order valence-electron chi connectivity index (χ3n) is 6.22. The number of rotatable bonds is 7. The Balaban J connectivity index is 1.61. The molecule has 35 heavy (non-hydrogen) atoms. The van der Waals surface area contributed by atoms with E-state index in [1.807, 2.05) is 6.07 Å². The second-order valence-corrected chi connectivity index (χ2v) is 11.5. The van der Waals surface area contributed by atoms with Gasteiger partial charge >= 0.3 is 0 Å². The van der Waals surface area contributed by atoms with Crippen LogP contribution in [0.2, 0.25) is 0 Å². The molecule has 0 bridgehead atoms. The number of alkyl halides is 2. The Kier molecular flexibility index (Phi) is 5.49. The molecule has 0 spiro atoms. The number of carbonyl (C=O) groups is 1. The highest BCUT2D eigenvalue weighted by atomic mass is 32.2. The van der Waals surface area contributed by atoms with Crippen molar-refractivity contribution >= 4 is 43.3 Å². The molecule has 2 N–H and O–H groups in total. The van der Waals surface area contributed by atoms with Crippen LogP contribution in [0.1, 0.15) is 35.9 Å². The number of nitrogens with zero attached hydrogens (tertiary/aromatic N) is 6. The number of H-pyrrole nitrogens is 1. The molecule has 1 amide bonds. The predicted molar refractivity (Wildman–Crippen MR) is 121 cm³/mol. The lowest BCUT2D eigenvalue weighted by Gasteiger charge is -2.48. The normalized spacial score (nSPS) is 21.1. The van der Waals surface area contributed by atoms with Crippen LogP contribution in [0.4, 0.5) is 13.9 Å². The lowest BCUT2D eigenvalue weighted by Crippen LogP contribution is -2.56. The summed E-state index contributed by atoms with van der Waals surface area (Å²) in [6.45, 7) is 0.200. The van der Waals surface area contributed by atoms with Crippen molar-refractivity contribution in [3.05, 3.63) is 28.9 Å². The molecule has 1 aliphatic heterocycles. The van der Waals surface area contributed by atoms with E-state index >= 15 is 0 Å². The molecule has 11 nitrogen and oxygen atoms in total. The highest BCUT2D eigenvalue weighted by molar-refractivity contribution is 7.89. The molecule has 2 aliphatic rings. The molecule has 2 atom stereocenters. The fraction of sp³-hybridized carbons (Fsp3) is 0.450. The number of hydrogen-bond donors (Lipinski definition) is 2. The van der Waals surface area contributed by atoms with Gasteiger partial charge < -0.3 is 9.80 Å². The fourth-order valence-electron chi connectivity index (χ4n) is 4.19. The van der Waals surface area contributed by atoms with Crippen molar-refractivity contribution in [2.45, 2.75) is 35.7 Å². The Morgan fingerprint density at radius 3 is 2.71 bits per heavy atom. The Morgan fingerprint density at radius 2 is 2.11 bits per heavy atom. The Morgan fingerprint density at radius 1 is 1.37 bits per heavy atom. The van der Waals surface area contributed by atoms with Crippen LogP contribution in [0.15, 0.2) is 23.2 Å². The van der Waals surface area contributed by atoms with E-state index in [1.54, 1.807) is 19.0 Å². The Bertz CT molecular complexity index is 1460. The van der Waals surface area contributed by atoms with Crippen LogP contribution in [-0.2, 0) is 14.8 Å². The number of aromatic nitrogens is 4. The average molecular weight is 523 g/mol. The third-order valence-corrected chi connectivity index (χ3v) is 8.70. The lowest BCUT2D eigenvalue weighted by molar-refractivity contribution is -0.135. The molecule has 2 fully saturated rings. The molecule has 3 heterocycles. The minimum Gasteiger partial charge on any atom is -0.348 e. The van der Waals surface area contributed by atoms with Crippen LogP contribution in [0, 0.1) is 17.2 Å². The van der Waals surface area contributed by atoms with Gasteiger partial charge in [0, 0.05) is 26.0 Å². The number of halogens is 2. The zero-order chi connectivity index (χ0) is 25.1. The molecule has 3 aromatic rings. The van der Waals surface area contributed by atoms with E-state index in [4.69, 9.17) is 0 Å². The van der Waals surface area contributed by atoms with Gasteiger partial charge in [-0.3, -0.25) is 9.89 Å². The first kappa shape index (κ1) is 23.5. The molecule has 1 saturated carbocycles. The molecule has 15 heteroatoms. The number of benzene rings is 1. The zero-order valence-electron chi connectivity index (χ0n) is 18.6. The molecule has 0 radical (unpaired) electrons. The van der Waals surface area contributed by atoms with E-state index < -0.39 is 39.0 Å². The van der Waals surface area contributed by atoms with E-state index in [0.29, 0.717) is 29.3 Å². The zero-order valence-corrected chi connectivity index (χ0v) is 20.2. The smallest absolute Gasteiger partial charge is 0.291 e. The van der Waals surface area contributed by atoms with Crippen LogP contribution in [0.5, 0.6) is 0 Å². The standard InChI is InChI=1S/C20H20F2N8O3S2/c1-29(2)18(31)13-8-30(19-27-26-17(34-19)16(21)22)15(13)11-5-10(6-14-12(11)7-24-25-14)35(32,33)28-20(9-23)3-4-20/h5-7,13,15-16,28H,3-4,8H2,1-2H3,(H,24,25). The van der Waals surface area contributed by atoms with Crippen LogP contribution >= 0.6 is 11.3 Å². The first-order chi connectivity index (χ1) is 16.5. The van der Waals surface area contributed by atoms with Crippen molar-refractivity contribution in [3.63, 3.8) is 0 Å². The SMILES string of the molecule is CN(C)C(=O)C1CN(c2nnc(C(F)F)s2)C1c1cc(S(=O)(=O)NC2(C#N)CC2)cc2[nH]ncc12. The van der Waals surface area contributed by atoms with Crippen molar-refractivity contribution in [1.29, 1.82) is 5.26 Å². The van der Waals surface area contributed by atoms with Crippen LogP contribution in [-0.4, -0.2) is 65.8 Å². The lowest BCUT2D eigenvalue weighted by atomic mass is 9.81. The molecular formula is C20H20F2N8O3S2. The Hall–Kier alpha value is -3.22. The minimum atomic E-state index is -4.08. The van der Waals surface area contributed by atoms with Gasteiger partial charge in [0.1, 0.15) is 5.54 Å². The maximum absolute atomic E-state index is 13.2. The molecule has 1 saturated heterocycles. The van der Waals surface area contributed by atoms with Gasteiger partial charge in [-0.25, -0.2) is 17.2 Å². The second-order valence-electron chi connectivity index (χ2n) is 8.80. The van der Waals surface area contributed by atoms with Crippen molar-refractivity contribution in [2.24, 2.45) is 5.92 Å². The number of carbonyl (C=O) groups excluding carboxylic acids is 1. The summed E-state index contributed by atoms with van der Waals surface area (Å²) in [5.41, 5.74) is -0.233. The highest BCUT2D eigenvalue weighted by Gasteiger charge is 2.49. The van der Waals surface area contributed by atoms with Gasteiger partial charge in [0.2, 0.25) is 21.1 Å². The maximum Gasteiger partial charge on any atom is 0.291 e. The van der Waals surface area contributed by atoms with Gasteiger partial charge in [0.05, 0.1) is 34.6 Å². The first-order valence-corrected chi connectivity index (χ1v) is 12.9. The number of nitriles is 1. The molecule has 184 valence electrons. The van der Waals surface area contributed by atoms with Gasteiger partial charge in [0.25, 0.3) is 6.43 Å². The summed E-state index contributed by atoms with van der Waals surface area (Å²) in [6, 6.07) is 4.16. The fourth-order valence-corrected chi connectivity index (χ4v) is 6.37. The van der Waals surface area contributed by atoms with Gasteiger partial charge in [-0.05, 0) is 30.5 Å². The summed E-state index contributed by atoms with van der Waals surface area (Å²) < 4.78 is 55.1. The summed E-state index contributed by atoms with van der Waals surface area (Å²) >= 11 is 0.721. The number of sulfonamides is 1. The summed E-state index contributed by atoms with van der Waals surface area (Å²) in [5.74, 6) is -0.781. The summed E-state index contributed by atoms with van der Waals surface area (Å²) in [5, 5.41) is 23.9. The van der Waals surface area contributed by atoms with Gasteiger partial charge in [-0.1, -0.05) is 11.3 Å². The number of fused-ring (bicyclic) bond motifs is 1. The van der Waals surface area contributed by atoms with Crippen LogP contribution in [0.25, 0.3) is 10.9 Å². The number of anilines is 1. The van der Waals surface area contributed by atoms with E-state index in [-0.39, 0.29) is 22.5 Å². The van der Waals surface area contributed by atoms with Crippen LogP contribution in [0.3, 0.4) is 0 Å². The monoisotopic (exact) mass is 522 g/mol. The summed E-state index contributed by atoms with van der Waals surface area (Å²) in [4.78, 5) is 15.9. The molecule has 2 unspecified atom stereocenters. The largest absolute Gasteiger partial charge is 0.348 e.